The third-order valence-electron chi connectivity index (χ3n) is 13.0. The van der Waals surface area contributed by atoms with E-state index in [4.69, 9.17) is 35.3 Å². The van der Waals surface area contributed by atoms with Crippen LogP contribution in [0.5, 0.6) is 5.75 Å². The number of fused-ring (bicyclic) bond motifs is 5. The molecular formula is C47H70ClIN4O11S. The molecule has 0 radical (unpaired) electrons. The Morgan fingerprint density at radius 3 is 2.40 bits per heavy atom. The molecule has 0 aliphatic carbocycles. The van der Waals surface area contributed by atoms with Gasteiger partial charge in [-0.2, -0.15) is 0 Å². The molecule has 1 aromatic rings. The molecule has 3 aliphatic rings. The molecule has 4 bridgehead atoms. The second-order valence-corrected chi connectivity index (χ2v) is 24.4. The van der Waals surface area contributed by atoms with E-state index in [0.717, 1.165) is 17.6 Å². The second-order valence-electron chi connectivity index (χ2n) is 19.4. The van der Waals surface area contributed by atoms with Gasteiger partial charge in [-0.25, -0.2) is 9.59 Å². The van der Waals surface area contributed by atoms with Crippen molar-refractivity contribution >= 4 is 81.4 Å². The summed E-state index contributed by atoms with van der Waals surface area (Å²) in [5.41, 5.74) is -2.40. The number of halogens is 2. The lowest BCUT2D eigenvalue weighted by Gasteiger charge is -2.47. The first-order valence-electron chi connectivity index (χ1n) is 21.9. The molecule has 4 amide bonds. The minimum atomic E-state index is -1.89. The maximum atomic E-state index is 14.4. The van der Waals surface area contributed by atoms with Crippen LogP contribution in [0.3, 0.4) is 0 Å². The van der Waals surface area contributed by atoms with Crippen molar-refractivity contribution in [3.8, 4) is 5.75 Å². The van der Waals surface area contributed by atoms with Gasteiger partial charge in [-0.05, 0) is 64.7 Å². The molecule has 3 aliphatic heterocycles. The molecule has 2 fully saturated rings. The van der Waals surface area contributed by atoms with Gasteiger partial charge in [0.15, 0.2) is 5.72 Å². The molecule has 15 nitrogen and oxygen atoms in total. The molecule has 65 heavy (non-hydrogen) atoms. The van der Waals surface area contributed by atoms with Crippen molar-refractivity contribution in [3.05, 3.63) is 46.5 Å². The molecule has 2 saturated heterocycles. The van der Waals surface area contributed by atoms with Crippen LogP contribution in [0.25, 0.3) is 0 Å². The second kappa shape index (κ2) is 21.5. The number of anilines is 1. The molecule has 0 aromatic heterocycles. The van der Waals surface area contributed by atoms with E-state index in [1.807, 2.05) is 26.8 Å². The van der Waals surface area contributed by atoms with E-state index < -0.39 is 69.9 Å². The number of nitrogens with one attached hydrogen (secondary N) is 1. The average Bonchev–Trinajstić information content (AvgIpc) is 3.92. The lowest BCUT2D eigenvalue weighted by Crippen LogP contribution is -2.67. The SMILES string of the molecule is COc1cc2cc(c1Cl)N(C)C(=O)C[C@H](OC(=O)[C@H](C)N(C)C(=O)CCC(C)(C)SCC(=O)N(C)CCC(C)(C)I)[C@]1(C)O[C@H]1[C@H](C)[C@]1(C)C[C@@](O)(NC(=O)O1)[C@H](OC)/C=C/C=C(\C)C2. The highest BCUT2D eigenvalue weighted by atomic mass is 127. The van der Waals surface area contributed by atoms with E-state index in [0.29, 0.717) is 30.8 Å². The van der Waals surface area contributed by atoms with E-state index in [2.05, 4.69) is 41.8 Å². The number of methoxy groups -OCH3 is 2. The first-order valence-corrected chi connectivity index (χ1v) is 24.4. The van der Waals surface area contributed by atoms with E-state index in [-0.39, 0.29) is 45.3 Å². The van der Waals surface area contributed by atoms with Gasteiger partial charge in [-0.1, -0.05) is 92.6 Å². The molecule has 2 N–H and O–H groups in total. The number of alkyl carbamates (subject to hydrolysis) is 1. The third-order valence-corrected chi connectivity index (χ3v) is 15.3. The van der Waals surface area contributed by atoms with Gasteiger partial charge >= 0.3 is 12.1 Å². The highest BCUT2D eigenvalue weighted by Crippen LogP contribution is 2.52. The fourth-order valence-electron chi connectivity index (χ4n) is 8.13. The molecule has 4 rings (SSSR count). The van der Waals surface area contributed by atoms with Gasteiger partial charge in [-0.3, -0.25) is 19.7 Å². The van der Waals surface area contributed by atoms with Crippen LogP contribution in [0.1, 0.15) is 100.0 Å². The molecule has 364 valence electrons. The number of allylic oxidation sites excluding steroid dienone is 3. The Morgan fingerprint density at radius 1 is 1.12 bits per heavy atom. The summed E-state index contributed by atoms with van der Waals surface area (Å²) >= 11 is 10.7. The van der Waals surface area contributed by atoms with Gasteiger partial charge < -0.3 is 43.5 Å². The lowest BCUT2D eigenvalue weighted by atomic mass is 9.75. The summed E-state index contributed by atoms with van der Waals surface area (Å²) in [5.74, 6) is -1.45. The van der Waals surface area contributed by atoms with Gasteiger partial charge in [-0.15, -0.1) is 11.8 Å². The molecule has 8 atom stereocenters. The Balaban J connectivity index is 1.61. The number of carbonyl (C=O) groups is 5. The molecule has 0 unspecified atom stereocenters. The summed E-state index contributed by atoms with van der Waals surface area (Å²) in [6, 6.07) is 2.53. The molecule has 0 saturated carbocycles. The van der Waals surface area contributed by atoms with Crippen molar-refractivity contribution in [2.45, 2.75) is 150 Å². The number of likely N-dealkylation sites (N-methyl/N-ethyl adjacent to an activating group) is 1. The fourth-order valence-corrected chi connectivity index (χ4v) is 9.66. The minimum absolute atomic E-state index is 0.0246. The number of hydrogen-bond acceptors (Lipinski definition) is 12. The van der Waals surface area contributed by atoms with Crippen molar-refractivity contribution in [1.29, 1.82) is 0 Å². The van der Waals surface area contributed by atoms with Crippen molar-refractivity contribution < 1.29 is 52.8 Å². The van der Waals surface area contributed by atoms with E-state index >= 15 is 0 Å². The van der Waals surface area contributed by atoms with Gasteiger partial charge in [0.05, 0.1) is 31.1 Å². The number of esters is 1. The van der Waals surface area contributed by atoms with Gasteiger partial charge in [0.2, 0.25) is 17.7 Å². The number of aliphatic hydroxyl groups is 1. The first kappa shape index (κ1) is 54.5. The summed E-state index contributed by atoms with van der Waals surface area (Å²) in [6.45, 7) is 17.6. The quantitative estimate of drug-likeness (QED) is 0.0827. The Hall–Kier alpha value is -3.10. The Labute approximate surface area is 408 Å². The van der Waals surface area contributed by atoms with Gasteiger partial charge in [0.25, 0.3) is 0 Å². The van der Waals surface area contributed by atoms with E-state index in [1.165, 1.54) is 42.8 Å². The molecule has 3 heterocycles. The molecule has 1 aromatic carbocycles. The topological polar surface area (TPSA) is 177 Å². The molecular weight excluding hydrogens is 991 g/mol. The number of hydrogen-bond donors (Lipinski definition) is 2. The largest absolute Gasteiger partial charge is 0.495 e. The number of ether oxygens (including phenoxy) is 5. The maximum absolute atomic E-state index is 14.4. The smallest absolute Gasteiger partial charge is 0.410 e. The standard InChI is InChI=1S/C47H70ClIN4O11S/c1-28-16-15-17-34(61-14)47(59)27-45(8,64-42(58)50-47)29(2)40-46(9,63-40)35(25-37(55)53(12)32-23-31(22-28)24-33(60-13)39(32)48)62-41(57)30(3)52(11)36(54)18-19-44(6,7)65-26-38(56)51(10)21-20-43(4,5)49/h15-17,23-24,29-30,34-35,40,59H,18-22,25-27H2,1-14H3,(H,50,58)/b17-15+,28-16+/t29-,30-,34+,35-,40-,45-,46-,47-/m0/s1. The number of amides is 4. The summed E-state index contributed by atoms with van der Waals surface area (Å²) in [6.07, 6.45) is 2.93. The monoisotopic (exact) mass is 1060 g/mol. The summed E-state index contributed by atoms with van der Waals surface area (Å²) in [5, 5.41) is 14.8. The van der Waals surface area contributed by atoms with E-state index in [9.17, 15) is 29.1 Å². The van der Waals surface area contributed by atoms with Crippen LogP contribution in [-0.2, 0) is 44.5 Å². The first-order chi connectivity index (χ1) is 30.0. The lowest BCUT2D eigenvalue weighted by molar-refractivity contribution is -0.173. The Morgan fingerprint density at radius 2 is 1.78 bits per heavy atom. The van der Waals surface area contributed by atoms with Crippen molar-refractivity contribution in [3.63, 3.8) is 0 Å². The van der Waals surface area contributed by atoms with Crippen molar-refractivity contribution in [2.75, 3.05) is 52.6 Å². The van der Waals surface area contributed by atoms with E-state index in [1.54, 1.807) is 71.0 Å². The number of epoxide rings is 1. The third kappa shape index (κ3) is 13.8. The number of carbonyl (C=O) groups excluding carboxylic acids is 5. The summed E-state index contributed by atoms with van der Waals surface area (Å²) in [7, 11) is 7.83. The Bertz CT molecular complexity index is 2010. The zero-order valence-corrected chi connectivity index (χ0v) is 44.2. The normalized spacial score (nSPS) is 29.2. The van der Waals surface area contributed by atoms with Gasteiger partial charge in [0, 0.05) is 61.7 Å². The Kier molecular flexibility index (Phi) is 18.0. The highest BCUT2D eigenvalue weighted by Gasteiger charge is 2.67. The zero-order valence-electron chi connectivity index (χ0n) is 40.5. The average molecular weight is 1060 g/mol. The molecule has 0 spiro atoms. The van der Waals surface area contributed by atoms with Crippen LogP contribution >= 0.6 is 46.0 Å². The number of thioether (sulfide) groups is 1. The van der Waals surface area contributed by atoms with Crippen molar-refractivity contribution in [2.24, 2.45) is 5.92 Å². The van der Waals surface area contributed by atoms with Crippen molar-refractivity contribution in [1.82, 2.24) is 15.1 Å². The molecule has 18 heteroatoms. The van der Waals surface area contributed by atoms with Crippen LogP contribution in [0.4, 0.5) is 10.5 Å². The number of nitrogens with zero attached hydrogens (tertiary/aromatic N) is 3. The predicted octanol–water partition coefficient (Wildman–Crippen LogP) is 7.26. The summed E-state index contributed by atoms with van der Waals surface area (Å²) in [4.78, 5) is 72.7. The van der Waals surface area contributed by atoms with Crippen LogP contribution in [0, 0.1) is 5.92 Å². The van der Waals surface area contributed by atoms with Gasteiger partial charge in [0.1, 0.15) is 40.2 Å². The number of alkyl halides is 1. The van der Waals surface area contributed by atoms with Crippen LogP contribution in [-0.4, -0.2) is 142 Å². The minimum Gasteiger partial charge on any atom is -0.495 e. The van der Waals surface area contributed by atoms with Crippen LogP contribution < -0.4 is 15.0 Å². The number of benzene rings is 1. The predicted molar refractivity (Wildman–Crippen MR) is 262 cm³/mol. The summed E-state index contributed by atoms with van der Waals surface area (Å²) < 4.78 is 29.5. The zero-order chi connectivity index (χ0) is 49.0. The van der Waals surface area contributed by atoms with Crippen LogP contribution in [0.2, 0.25) is 5.02 Å². The van der Waals surface area contributed by atoms with Crippen LogP contribution in [0.15, 0.2) is 35.9 Å². The maximum Gasteiger partial charge on any atom is 0.410 e. The number of rotatable bonds is 14. The highest BCUT2D eigenvalue weighted by molar-refractivity contribution is 14.1. The fraction of sp³-hybridized carbons (Fsp3) is 0.681.